The Morgan fingerprint density at radius 1 is 1.40 bits per heavy atom. The molecule has 1 fully saturated rings. The molecular weight excluding hydrogens is 270 g/mol. The smallest absolute Gasteiger partial charge is 0.0664 e. The molecule has 1 aliphatic carbocycles. The summed E-state index contributed by atoms with van der Waals surface area (Å²) in [4.78, 5) is 0. The van der Waals surface area contributed by atoms with Crippen molar-refractivity contribution < 1.29 is 0 Å². The number of benzene rings is 1. The largest absolute Gasteiger partial charge is 0.313 e. The first-order chi connectivity index (χ1) is 9.70. The molecule has 1 aromatic carbocycles. The van der Waals surface area contributed by atoms with Gasteiger partial charge in [-0.1, -0.05) is 24.6 Å². The van der Waals surface area contributed by atoms with Crippen LogP contribution in [0.1, 0.15) is 42.5 Å². The van der Waals surface area contributed by atoms with E-state index in [1.165, 1.54) is 24.1 Å². The van der Waals surface area contributed by atoms with E-state index in [1.807, 2.05) is 19.2 Å². The van der Waals surface area contributed by atoms with Gasteiger partial charge in [0.2, 0.25) is 0 Å². The standard InChI is InChI=1S/C16H20ClN3/c1-3-18-9-13-10-19-20(16(13)12-5-6-12)14-7-4-11(2)15(17)8-14/h4,7-8,10,12,18H,3,5-6,9H2,1-2H3. The van der Waals surface area contributed by atoms with Crippen molar-refractivity contribution in [2.75, 3.05) is 6.54 Å². The number of aromatic nitrogens is 2. The van der Waals surface area contributed by atoms with Crippen LogP contribution in [0.15, 0.2) is 24.4 Å². The zero-order valence-electron chi connectivity index (χ0n) is 12.0. The third kappa shape index (κ3) is 2.60. The van der Waals surface area contributed by atoms with Gasteiger partial charge in [0.15, 0.2) is 0 Å². The lowest BCUT2D eigenvalue weighted by Crippen LogP contribution is -2.13. The van der Waals surface area contributed by atoms with E-state index in [1.54, 1.807) is 0 Å². The maximum atomic E-state index is 6.25. The first kappa shape index (κ1) is 13.7. The van der Waals surface area contributed by atoms with Gasteiger partial charge in [0, 0.05) is 23.0 Å². The number of aryl methyl sites for hydroxylation is 1. The summed E-state index contributed by atoms with van der Waals surface area (Å²) in [5.74, 6) is 0.659. The molecule has 1 aliphatic rings. The SMILES string of the molecule is CCNCc1cnn(-c2ccc(C)c(Cl)c2)c1C1CC1. The van der Waals surface area contributed by atoms with E-state index in [2.05, 4.69) is 34.2 Å². The number of hydrogen-bond acceptors (Lipinski definition) is 2. The van der Waals surface area contributed by atoms with Crippen LogP contribution in [0.5, 0.6) is 0 Å². The average molecular weight is 290 g/mol. The molecule has 1 aromatic heterocycles. The van der Waals surface area contributed by atoms with Crippen molar-refractivity contribution in [3.8, 4) is 5.69 Å². The fourth-order valence-electron chi connectivity index (χ4n) is 2.50. The zero-order valence-corrected chi connectivity index (χ0v) is 12.7. The highest BCUT2D eigenvalue weighted by Gasteiger charge is 2.30. The highest BCUT2D eigenvalue weighted by atomic mass is 35.5. The van der Waals surface area contributed by atoms with Crippen molar-refractivity contribution in [2.24, 2.45) is 0 Å². The molecular formula is C16H20ClN3. The highest BCUT2D eigenvalue weighted by molar-refractivity contribution is 6.31. The van der Waals surface area contributed by atoms with Gasteiger partial charge in [-0.2, -0.15) is 5.10 Å². The maximum absolute atomic E-state index is 6.25. The summed E-state index contributed by atoms with van der Waals surface area (Å²) in [5, 5.41) is 8.78. The molecule has 1 saturated carbocycles. The van der Waals surface area contributed by atoms with Crippen LogP contribution in [-0.2, 0) is 6.54 Å². The first-order valence-corrected chi connectivity index (χ1v) is 7.62. The van der Waals surface area contributed by atoms with Gasteiger partial charge >= 0.3 is 0 Å². The predicted octanol–water partition coefficient (Wildman–Crippen LogP) is 3.82. The van der Waals surface area contributed by atoms with Crippen molar-refractivity contribution in [3.05, 3.63) is 46.2 Å². The van der Waals surface area contributed by atoms with Crippen molar-refractivity contribution >= 4 is 11.6 Å². The molecule has 0 unspecified atom stereocenters. The lowest BCUT2D eigenvalue weighted by atomic mass is 10.1. The summed E-state index contributed by atoms with van der Waals surface area (Å²) in [6, 6.07) is 6.16. The van der Waals surface area contributed by atoms with Crippen LogP contribution in [0.25, 0.3) is 5.69 Å². The Kier molecular flexibility index (Phi) is 3.81. The normalized spacial score (nSPS) is 14.8. The Labute approximate surface area is 124 Å². The van der Waals surface area contributed by atoms with Crippen LogP contribution >= 0.6 is 11.6 Å². The van der Waals surface area contributed by atoms with Gasteiger partial charge in [0.1, 0.15) is 0 Å². The average Bonchev–Trinajstić information content (AvgIpc) is 3.20. The second kappa shape index (κ2) is 5.58. The topological polar surface area (TPSA) is 29.9 Å². The minimum absolute atomic E-state index is 0.659. The summed E-state index contributed by atoms with van der Waals surface area (Å²) in [5.41, 5.74) is 4.82. The van der Waals surface area contributed by atoms with E-state index in [0.29, 0.717) is 5.92 Å². The number of rotatable bonds is 5. The van der Waals surface area contributed by atoms with Gasteiger partial charge < -0.3 is 5.32 Å². The molecule has 1 N–H and O–H groups in total. The van der Waals surface area contributed by atoms with Crippen LogP contribution < -0.4 is 5.32 Å². The third-order valence-electron chi connectivity index (χ3n) is 3.82. The monoisotopic (exact) mass is 289 g/mol. The van der Waals surface area contributed by atoms with Gasteiger partial charge in [-0.15, -0.1) is 0 Å². The van der Waals surface area contributed by atoms with Crippen LogP contribution in [-0.4, -0.2) is 16.3 Å². The molecule has 0 saturated heterocycles. The molecule has 0 amide bonds. The maximum Gasteiger partial charge on any atom is 0.0664 e. The summed E-state index contributed by atoms with van der Waals surface area (Å²) in [7, 11) is 0. The molecule has 3 nitrogen and oxygen atoms in total. The van der Waals surface area contributed by atoms with E-state index in [9.17, 15) is 0 Å². The number of nitrogens with one attached hydrogen (secondary N) is 1. The number of hydrogen-bond donors (Lipinski definition) is 1. The Hall–Kier alpha value is -1.32. The second-order valence-corrected chi connectivity index (χ2v) is 5.86. The molecule has 0 atom stereocenters. The minimum Gasteiger partial charge on any atom is -0.313 e. The van der Waals surface area contributed by atoms with Crippen LogP contribution in [0.4, 0.5) is 0 Å². The van der Waals surface area contributed by atoms with E-state index >= 15 is 0 Å². The number of nitrogens with zero attached hydrogens (tertiary/aromatic N) is 2. The molecule has 3 rings (SSSR count). The molecule has 0 radical (unpaired) electrons. The molecule has 106 valence electrons. The Morgan fingerprint density at radius 2 is 2.20 bits per heavy atom. The Morgan fingerprint density at radius 3 is 2.85 bits per heavy atom. The molecule has 4 heteroatoms. The van der Waals surface area contributed by atoms with E-state index in [4.69, 9.17) is 11.6 Å². The van der Waals surface area contributed by atoms with Crippen molar-refractivity contribution in [1.82, 2.24) is 15.1 Å². The number of halogens is 1. The Balaban J connectivity index is 1.99. The van der Waals surface area contributed by atoms with Crippen LogP contribution in [0, 0.1) is 6.92 Å². The molecule has 0 aliphatic heterocycles. The third-order valence-corrected chi connectivity index (χ3v) is 4.22. The van der Waals surface area contributed by atoms with Crippen molar-refractivity contribution in [1.29, 1.82) is 0 Å². The summed E-state index contributed by atoms with van der Waals surface area (Å²) >= 11 is 6.25. The van der Waals surface area contributed by atoms with Gasteiger partial charge in [-0.25, -0.2) is 4.68 Å². The van der Waals surface area contributed by atoms with E-state index in [0.717, 1.165) is 29.4 Å². The van der Waals surface area contributed by atoms with Gasteiger partial charge in [0.05, 0.1) is 17.6 Å². The van der Waals surface area contributed by atoms with E-state index < -0.39 is 0 Å². The summed E-state index contributed by atoms with van der Waals surface area (Å²) < 4.78 is 2.07. The van der Waals surface area contributed by atoms with Crippen LogP contribution in [0.3, 0.4) is 0 Å². The van der Waals surface area contributed by atoms with Gasteiger partial charge in [0.25, 0.3) is 0 Å². The summed E-state index contributed by atoms with van der Waals surface area (Å²) in [6.45, 7) is 6.02. The van der Waals surface area contributed by atoms with Gasteiger partial charge in [-0.05, 0) is 44.0 Å². The Bertz CT molecular complexity index is 614. The molecule has 20 heavy (non-hydrogen) atoms. The lowest BCUT2D eigenvalue weighted by Gasteiger charge is -2.10. The first-order valence-electron chi connectivity index (χ1n) is 7.24. The van der Waals surface area contributed by atoms with Gasteiger partial charge in [-0.3, -0.25) is 0 Å². The molecule has 1 heterocycles. The fraction of sp³-hybridized carbons (Fsp3) is 0.438. The van der Waals surface area contributed by atoms with E-state index in [-0.39, 0.29) is 0 Å². The fourth-order valence-corrected chi connectivity index (χ4v) is 2.67. The zero-order chi connectivity index (χ0) is 14.1. The molecule has 0 spiro atoms. The van der Waals surface area contributed by atoms with Crippen LogP contribution in [0.2, 0.25) is 5.02 Å². The minimum atomic E-state index is 0.659. The second-order valence-electron chi connectivity index (χ2n) is 5.45. The molecule has 0 bridgehead atoms. The molecule has 2 aromatic rings. The summed E-state index contributed by atoms with van der Waals surface area (Å²) in [6.07, 6.45) is 4.53. The highest BCUT2D eigenvalue weighted by Crippen LogP contribution is 2.42. The quantitative estimate of drug-likeness (QED) is 0.907. The van der Waals surface area contributed by atoms with Crippen molar-refractivity contribution in [3.63, 3.8) is 0 Å². The van der Waals surface area contributed by atoms with Crippen molar-refractivity contribution in [2.45, 2.75) is 39.2 Å². The lowest BCUT2D eigenvalue weighted by molar-refractivity contribution is 0.714. The predicted molar refractivity (Wildman–Crippen MR) is 82.7 cm³/mol.